The van der Waals surface area contributed by atoms with Gasteiger partial charge in [-0.1, -0.05) is 11.6 Å². The molecule has 0 amide bonds. The number of H-pyrrole nitrogens is 1. The zero-order chi connectivity index (χ0) is 18.3. The minimum Gasteiger partial charge on any atom is -0.495 e. The second-order valence-corrected chi connectivity index (χ2v) is 6.35. The first kappa shape index (κ1) is 16.6. The van der Waals surface area contributed by atoms with Crippen molar-refractivity contribution in [1.82, 2.24) is 10.2 Å². The van der Waals surface area contributed by atoms with E-state index in [9.17, 15) is 0 Å². The molecule has 1 aromatic heterocycles. The Bertz CT molecular complexity index is 984. The van der Waals surface area contributed by atoms with Gasteiger partial charge in [0.15, 0.2) is 11.5 Å². The number of aromatic nitrogens is 2. The summed E-state index contributed by atoms with van der Waals surface area (Å²) in [6.45, 7) is 0. The van der Waals surface area contributed by atoms with Crippen LogP contribution < -0.4 is 19.5 Å². The van der Waals surface area contributed by atoms with E-state index in [0.29, 0.717) is 16.5 Å². The maximum Gasteiger partial charge on any atom is 0.161 e. The molecule has 7 heteroatoms. The van der Waals surface area contributed by atoms with Crippen molar-refractivity contribution in [3.8, 4) is 28.5 Å². The summed E-state index contributed by atoms with van der Waals surface area (Å²) >= 11 is 6.21. The molecule has 0 saturated carbocycles. The number of anilines is 2. The summed E-state index contributed by atoms with van der Waals surface area (Å²) < 4.78 is 16.0. The predicted octanol–water partition coefficient (Wildman–Crippen LogP) is 4.40. The summed E-state index contributed by atoms with van der Waals surface area (Å²) in [7, 11) is 4.86. The number of aromatic amines is 1. The maximum absolute atomic E-state index is 6.21. The Labute approximate surface area is 156 Å². The number of hydrogen-bond donors (Lipinski definition) is 2. The van der Waals surface area contributed by atoms with E-state index >= 15 is 0 Å². The van der Waals surface area contributed by atoms with Crippen molar-refractivity contribution < 1.29 is 14.2 Å². The highest BCUT2D eigenvalue weighted by molar-refractivity contribution is 6.32. The quantitative estimate of drug-likeness (QED) is 0.544. The largest absolute Gasteiger partial charge is 0.495 e. The Hall–Kier alpha value is -2.86. The molecule has 134 valence electrons. The second kappa shape index (κ2) is 6.46. The summed E-state index contributed by atoms with van der Waals surface area (Å²) in [5.74, 6) is 2.89. The fraction of sp³-hybridized carbons (Fsp3) is 0.211. The van der Waals surface area contributed by atoms with E-state index in [0.717, 1.165) is 46.1 Å². The third-order valence-corrected chi connectivity index (χ3v) is 4.82. The Morgan fingerprint density at radius 3 is 2.42 bits per heavy atom. The number of rotatable bonds is 5. The molecule has 2 aromatic carbocycles. The number of ether oxygens (including phenoxy) is 3. The van der Waals surface area contributed by atoms with Gasteiger partial charge in [0, 0.05) is 23.2 Å². The first-order chi connectivity index (χ1) is 12.6. The van der Waals surface area contributed by atoms with Gasteiger partial charge in [0.1, 0.15) is 11.6 Å². The van der Waals surface area contributed by atoms with Crippen molar-refractivity contribution in [2.24, 2.45) is 0 Å². The third-order valence-electron chi connectivity index (χ3n) is 4.52. The van der Waals surface area contributed by atoms with E-state index in [1.807, 2.05) is 30.3 Å². The molecule has 0 aliphatic heterocycles. The number of nitrogens with one attached hydrogen (secondary N) is 2. The van der Waals surface area contributed by atoms with Crippen molar-refractivity contribution in [1.29, 1.82) is 0 Å². The first-order valence-corrected chi connectivity index (χ1v) is 8.45. The van der Waals surface area contributed by atoms with Crippen LogP contribution in [0.4, 0.5) is 11.5 Å². The molecule has 0 radical (unpaired) electrons. The van der Waals surface area contributed by atoms with E-state index < -0.39 is 0 Å². The molecule has 0 bridgehead atoms. The van der Waals surface area contributed by atoms with Gasteiger partial charge in [-0.25, -0.2) is 0 Å². The highest BCUT2D eigenvalue weighted by Gasteiger charge is 2.27. The average molecular weight is 372 g/mol. The van der Waals surface area contributed by atoms with Crippen LogP contribution >= 0.6 is 11.6 Å². The summed E-state index contributed by atoms with van der Waals surface area (Å²) in [5.41, 5.74) is 5.08. The minimum absolute atomic E-state index is 0.548. The van der Waals surface area contributed by atoms with Crippen LogP contribution in [-0.2, 0) is 6.42 Å². The molecule has 0 unspecified atom stereocenters. The molecule has 6 nitrogen and oxygen atoms in total. The average Bonchev–Trinajstić information content (AvgIpc) is 3.20. The summed E-state index contributed by atoms with van der Waals surface area (Å²) in [6, 6.07) is 9.53. The molecule has 4 rings (SSSR count). The third kappa shape index (κ3) is 2.63. The lowest BCUT2D eigenvalue weighted by molar-refractivity contribution is 0.355. The number of nitrogens with zero attached hydrogens (tertiary/aromatic N) is 1. The number of benzene rings is 2. The summed E-state index contributed by atoms with van der Waals surface area (Å²) in [5, 5.41) is 11.4. The number of fused-ring (bicyclic) bond motifs is 3. The number of hydrogen-bond acceptors (Lipinski definition) is 5. The monoisotopic (exact) mass is 371 g/mol. The highest BCUT2D eigenvalue weighted by atomic mass is 35.5. The van der Waals surface area contributed by atoms with Gasteiger partial charge in [-0.2, -0.15) is 5.10 Å². The van der Waals surface area contributed by atoms with Gasteiger partial charge in [-0.05, 0) is 35.9 Å². The van der Waals surface area contributed by atoms with Gasteiger partial charge in [0.2, 0.25) is 0 Å². The van der Waals surface area contributed by atoms with Crippen molar-refractivity contribution in [2.75, 3.05) is 26.6 Å². The predicted molar refractivity (Wildman–Crippen MR) is 101 cm³/mol. The smallest absolute Gasteiger partial charge is 0.161 e. The molecule has 3 aromatic rings. The van der Waals surface area contributed by atoms with Crippen LogP contribution in [0.3, 0.4) is 0 Å². The van der Waals surface area contributed by atoms with Crippen LogP contribution in [0, 0.1) is 0 Å². The fourth-order valence-corrected chi connectivity index (χ4v) is 3.49. The van der Waals surface area contributed by atoms with Gasteiger partial charge in [-0.15, -0.1) is 0 Å². The van der Waals surface area contributed by atoms with Crippen LogP contribution in [-0.4, -0.2) is 31.5 Å². The van der Waals surface area contributed by atoms with Crippen LogP contribution in [0.1, 0.15) is 11.1 Å². The second-order valence-electron chi connectivity index (χ2n) is 5.94. The Morgan fingerprint density at radius 2 is 1.73 bits per heavy atom. The normalized spacial score (nSPS) is 11.7. The molecule has 1 aliphatic rings. The van der Waals surface area contributed by atoms with Gasteiger partial charge in [0.25, 0.3) is 0 Å². The highest BCUT2D eigenvalue weighted by Crippen LogP contribution is 2.44. The van der Waals surface area contributed by atoms with Crippen molar-refractivity contribution in [3.63, 3.8) is 0 Å². The number of methoxy groups -OCH3 is 3. The van der Waals surface area contributed by atoms with Crippen molar-refractivity contribution >= 4 is 23.1 Å². The van der Waals surface area contributed by atoms with Crippen molar-refractivity contribution in [2.45, 2.75) is 6.42 Å². The van der Waals surface area contributed by atoms with Crippen LogP contribution in [0.2, 0.25) is 5.02 Å². The Kier molecular flexibility index (Phi) is 4.12. The molecule has 26 heavy (non-hydrogen) atoms. The van der Waals surface area contributed by atoms with E-state index in [2.05, 4.69) is 15.5 Å². The zero-order valence-corrected chi connectivity index (χ0v) is 15.4. The Balaban J connectivity index is 1.67. The zero-order valence-electron chi connectivity index (χ0n) is 14.6. The molecule has 1 aliphatic carbocycles. The molecule has 1 heterocycles. The fourth-order valence-electron chi connectivity index (χ4n) is 3.23. The first-order valence-electron chi connectivity index (χ1n) is 8.07. The molecule has 0 spiro atoms. The van der Waals surface area contributed by atoms with Gasteiger partial charge >= 0.3 is 0 Å². The lowest BCUT2D eigenvalue weighted by Gasteiger charge is -2.10. The van der Waals surface area contributed by atoms with Crippen LogP contribution in [0.25, 0.3) is 11.3 Å². The van der Waals surface area contributed by atoms with E-state index in [1.54, 1.807) is 21.3 Å². The molecule has 2 N–H and O–H groups in total. The van der Waals surface area contributed by atoms with Crippen molar-refractivity contribution in [3.05, 3.63) is 46.5 Å². The van der Waals surface area contributed by atoms with E-state index in [4.69, 9.17) is 25.8 Å². The Morgan fingerprint density at radius 1 is 1.00 bits per heavy atom. The molecular weight excluding hydrogens is 354 g/mol. The van der Waals surface area contributed by atoms with Gasteiger partial charge in [-0.3, -0.25) is 5.10 Å². The number of halogens is 1. The molecular formula is C19H18ClN3O3. The lowest BCUT2D eigenvalue weighted by Crippen LogP contribution is -1.96. The van der Waals surface area contributed by atoms with E-state index in [1.165, 1.54) is 0 Å². The molecule has 0 fully saturated rings. The maximum atomic E-state index is 6.21. The summed E-state index contributed by atoms with van der Waals surface area (Å²) in [6.07, 6.45) is 0.758. The SMILES string of the molecule is COc1ccc(Nc2[nH]nc3c2Cc2cc(OC)c(OC)cc2-3)cc1Cl. The van der Waals surface area contributed by atoms with Crippen LogP contribution in [0.5, 0.6) is 17.2 Å². The summed E-state index contributed by atoms with van der Waals surface area (Å²) in [4.78, 5) is 0. The molecule has 0 atom stereocenters. The lowest BCUT2D eigenvalue weighted by atomic mass is 10.1. The topological polar surface area (TPSA) is 68.4 Å². The van der Waals surface area contributed by atoms with Gasteiger partial charge in [0.05, 0.1) is 32.0 Å². The minimum atomic E-state index is 0.548. The van der Waals surface area contributed by atoms with Crippen LogP contribution in [0.15, 0.2) is 30.3 Å². The van der Waals surface area contributed by atoms with E-state index in [-0.39, 0.29) is 0 Å². The van der Waals surface area contributed by atoms with Gasteiger partial charge < -0.3 is 19.5 Å². The standard InChI is InChI=1S/C19H18ClN3O3/c1-24-15-5-4-11(8-14(15)20)21-19-13-6-10-7-16(25-2)17(26-3)9-12(10)18(13)22-23-19/h4-5,7-9H,6H2,1-3H3,(H2,21,22,23). The molecule has 0 saturated heterocycles.